The summed E-state index contributed by atoms with van der Waals surface area (Å²) in [6, 6.07) is 8.36. The molecule has 1 aromatic heterocycles. The van der Waals surface area contributed by atoms with E-state index in [2.05, 4.69) is 10.0 Å². The molecule has 2 rings (SSSR count). The van der Waals surface area contributed by atoms with E-state index in [9.17, 15) is 18.0 Å². The number of esters is 1. The van der Waals surface area contributed by atoms with Crippen molar-refractivity contribution < 1.29 is 27.5 Å². The fourth-order valence-electron chi connectivity index (χ4n) is 2.35. The van der Waals surface area contributed by atoms with E-state index in [1.54, 1.807) is 19.2 Å². The van der Waals surface area contributed by atoms with E-state index < -0.39 is 28.0 Å². The molecule has 152 valence electrons. The van der Waals surface area contributed by atoms with Crippen LogP contribution < -0.4 is 14.8 Å². The van der Waals surface area contributed by atoms with Crippen molar-refractivity contribution in [3.05, 3.63) is 47.8 Å². The van der Waals surface area contributed by atoms with Crippen LogP contribution in [-0.4, -0.2) is 45.1 Å². The topological polar surface area (TPSA) is 116 Å². The second kappa shape index (κ2) is 8.89. The molecule has 28 heavy (non-hydrogen) atoms. The first-order valence-electron chi connectivity index (χ1n) is 8.39. The normalized spacial score (nSPS) is 12.3. The Hall–Kier alpha value is -2.85. The van der Waals surface area contributed by atoms with Gasteiger partial charge in [-0.1, -0.05) is 12.1 Å². The Bertz CT molecular complexity index is 950. The first-order valence-corrected chi connectivity index (χ1v) is 9.87. The number of carbonyl (C=O) groups excluding carboxylic acids is 2. The van der Waals surface area contributed by atoms with E-state index in [0.717, 1.165) is 5.56 Å². The number of nitrogens with one attached hydrogen (secondary N) is 2. The lowest BCUT2D eigenvalue weighted by atomic mass is 10.2. The molecule has 1 atom stereocenters. The van der Waals surface area contributed by atoms with Gasteiger partial charge in [-0.3, -0.25) is 4.79 Å². The molecule has 1 heterocycles. The molecule has 0 spiro atoms. The van der Waals surface area contributed by atoms with Crippen molar-refractivity contribution in [2.75, 3.05) is 14.2 Å². The van der Waals surface area contributed by atoms with Gasteiger partial charge in [-0.05, 0) is 37.7 Å². The highest BCUT2D eigenvalue weighted by molar-refractivity contribution is 7.89. The van der Waals surface area contributed by atoms with E-state index in [1.165, 1.54) is 37.8 Å². The zero-order valence-corrected chi connectivity index (χ0v) is 16.9. The highest BCUT2D eigenvalue weighted by Gasteiger charge is 2.23. The van der Waals surface area contributed by atoms with Crippen LogP contribution in [0.1, 0.15) is 23.0 Å². The fraction of sp³-hybridized carbons (Fsp3) is 0.333. The van der Waals surface area contributed by atoms with E-state index in [1.807, 2.05) is 12.1 Å². The lowest BCUT2D eigenvalue weighted by Crippen LogP contribution is -2.35. The van der Waals surface area contributed by atoms with Gasteiger partial charge in [0.2, 0.25) is 10.0 Å². The minimum absolute atomic E-state index is 0.0172. The number of sulfonamides is 1. The Morgan fingerprint density at radius 3 is 2.43 bits per heavy atom. The number of carbonyl (C=O) groups is 2. The SMILES string of the molecule is CNS(=O)(=O)c1cc(C(=O)OC(C)C(=O)NCc2ccc(OC)cc2)n(C)c1. The van der Waals surface area contributed by atoms with Gasteiger partial charge >= 0.3 is 5.97 Å². The molecule has 0 aliphatic carbocycles. The highest BCUT2D eigenvalue weighted by Crippen LogP contribution is 2.15. The van der Waals surface area contributed by atoms with E-state index >= 15 is 0 Å². The van der Waals surface area contributed by atoms with Crippen molar-refractivity contribution in [2.45, 2.75) is 24.5 Å². The number of ether oxygens (including phenoxy) is 2. The maximum absolute atomic E-state index is 12.3. The first kappa shape index (κ1) is 21.5. The van der Waals surface area contributed by atoms with Crippen molar-refractivity contribution in [2.24, 2.45) is 7.05 Å². The summed E-state index contributed by atoms with van der Waals surface area (Å²) < 4.78 is 37.4. The Morgan fingerprint density at radius 1 is 1.21 bits per heavy atom. The Kier molecular flexibility index (Phi) is 6.81. The van der Waals surface area contributed by atoms with Gasteiger partial charge in [-0.15, -0.1) is 0 Å². The van der Waals surface area contributed by atoms with Crippen LogP contribution in [0.15, 0.2) is 41.4 Å². The van der Waals surface area contributed by atoms with Crippen LogP contribution in [0.25, 0.3) is 0 Å². The van der Waals surface area contributed by atoms with Crippen molar-refractivity contribution in [1.29, 1.82) is 0 Å². The molecule has 1 amide bonds. The quantitative estimate of drug-likeness (QED) is 0.623. The molecule has 10 heteroatoms. The zero-order valence-electron chi connectivity index (χ0n) is 16.1. The lowest BCUT2D eigenvalue weighted by Gasteiger charge is -2.14. The smallest absolute Gasteiger partial charge is 0.355 e. The highest BCUT2D eigenvalue weighted by atomic mass is 32.2. The Balaban J connectivity index is 1.96. The van der Waals surface area contributed by atoms with Crippen molar-refractivity contribution in [3.63, 3.8) is 0 Å². The summed E-state index contributed by atoms with van der Waals surface area (Å²) in [6.45, 7) is 1.70. The van der Waals surface area contributed by atoms with E-state index in [0.29, 0.717) is 5.75 Å². The third kappa shape index (κ3) is 5.11. The van der Waals surface area contributed by atoms with Crippen molar-refractivity contribution in [1.82, 2.24) is 14.6 Å². The van der Waals surface area contributed by atoms with Gasteiger partial charge < -0.3 is 19.4 Å². The maximum Gasteiger partial charge on any atom is 0.355 e. The first-order chi connectivity index (χ1) is 13.2. The molecule has 0 aliphatic rings. The van der Waals surface area contributed by atoms with Gasteiger partial charge in [-0.25, -0.2) is 17.9 Å². The van der Waals surface area contributed by atoms with Crippen LogP contribution in [0.4, 0.5) is 0 Å². The van der Waals surface area contributed by atoms with Crippen molar-refractivity contribution in [3.8, 4) is 5.75 Å². The van der Waals surface area contributed by atoms with Crippen molar-refractivity contribution >= 4 is 21.9 Å². The standard InChI is InChI=1S/C18H23N3O6S/c1-12(17(22)20-10-13-5-7-14(26-4)8-6-13)27-18(23)16-9-15(11-21(16)3)28(24,25)19-2/h5-9,11-12,19H,10H2,1-4H3,(H,20,22). The molecule has 0 radical (unpaired) electrons. The number of aromatic nitrogens is 1. The van der Waals surface area contributed by atoms with Gasteiger partial charge in [0.05, 0.1) is 7.11 Å². The molecule has 2 N–H and O–H groups in total. The average Bonchev–Trinajstić information content (AvgIpc) is 3.09. The summed E-state index contributed by atoms with van der Waals surface area (Å²) in [5, 5.41) is 2.68. The summed E-state index contributed by atoms with van der Waals surface area (Å²) in [6.07, 6.45) is 0.238. The van der Waals surface area contributed by atoms with E-state index in [4.69, 9.17) is 9.47 Å². The minimum Gasteiger partial charge on any atom is -0.497 e. The third-order valence-electron chi connectivity index (χ3n) is 4.05. The number of hydrogen-bond donors (Lipinski definition) is 2. The summed E-state index contributed by atoms with van der Waals surface area (Å²) in [5.74, 6) is -0.562. The molecule has 1 unspecified atom stereocenters. The maximum atomic E-state index is 12.3. The molecule has 1 aromatic carbocycles. The van der Waals surface area contributed by atoms with Gasteiger partial charge in [-0.2, -0.15) is 0 Å². The summed E-state index contributed by atoms with van der Waals surface area (Å²) in [5.41, 5.74) is 0.876. The summed E-state index contributed by atoms with van der Waals surface area (Å²) >= 11 is 0. The van der Waals surface area contributed by atoms with Crippen LogP contribution in [0, 0.1) is 0 Å². The summed E-state index contributed by atoms with van der Waals surface area (Å²) in [7, 11) is 0.664. The Morgan fingerprint density at radius 2 is 1.86 bits per heavy atom. The number of rotatable bonds is 8. The molecule has 0 bridgehead atoms. The van der Waals surface area contributed by atoms with Gasteiger partial charge in [0, 0.05) is 19.8 Å². The number of aryl methyl sites for hydroxylation is 1. The van der Waals surface area contributed by atoms with Gasteiger partial charge in [0.25, 0.3) is 5.91 Å². The van der Waals surface area contributed by atoms with Crippen LogP contribution in [0.2, 0.25) is 0 Å². The minimum atomic E-state index is -3.69. The predicted molar refractivity (Wildman–Crippen MR) is 101 cm³/mol. The van der Waals surface area contributed by atoms with Crippen LogP contribution in [0.3, 0.4) is 0 Å². The average molecular weight is 409 g/mol. The second-order valence-electron chi connectivity index (χ2n) is 5.99. The number of nitrogens with zero attached hydrogens (tertiary/aromatic N) is 1. The Labute approximate surface area is 163 Å². The zero-order chi connectivity index (χ0) is 20.9. The predicted octanol–water partition coefficient (Wildman–Crippen LogP) is 0.804. The molecular weight excluding hydrogens is 386 g/mol. The number of benzene rings is 1. The summed E-state index contributed by atoms with van der Waals surface area (Å²) in [4.78, 5) is 24.4. The molecule has 0 saturated carbocycles. The monoisotopic (exact) mass is 409 g/mol. The molecule has 2 aromatic rings. The second-order valence-corrected chi connectivity index (χ2v) is 7.88. The molecule has 0 fully saturated rings. The third-order valence-corrected chi connectivity index (χ3v) is 5.43. The fourth-order valence-corrected chi connectivity index (χ4v) is 3.15. The lowest BCUT2D eigenvalue weighted by molar-refractivity contribution is -0.129. The van der Waals surface area contributed by atoms with Gasteiger partial charge in [0.1, 0.15) is 16.3 Å². The number of hydrogen-bond acceptors (Lipinski definition) is 6. The van der Waals surface area contributed by atoms with Gasteiger partial charge in [0.15, 0.2) is 6.10 Å². The van der Waals surface area contributed by atoms with Crippen LogP contribution in [-0.2, 0) is 33.1 Å². The van der Waals surface area contributed by atoms with Crippen LogP contribution >= 0.6 is 0 Å². The molecule has 0 aliphatic heterocycles. The van der Waals surface area contributed by atoms with E-state index in [-0.39, 0.29) is 17.1 Å². The van der Waals surface area contributed by atoms with Crippen LogP contribution in [0.5, 0.6) is 5.75 Å². The largest absolute Gasteiger partial charge is 0.497 e. The molecule has 0 saturated heterocycles. The molecular formula is C18H23N3O6S. The number of methoxy groups -OCH3 is 1. The molecule has 9 nitrogen and oxygen atoms in total. The number of amides is 1.